The zero-order chi connectivity index (χ0) is 5.15. The second-order valence-corrected chi connectivity index (χ2v) is 3.01. The number of hydrogen-bond donors (Lipinski definition) is 2. The third-order valence-electron chi connectivity index (χ3n) is 0.122. The Morgan fingerprint density at radius 1 is 1.00 bits per heavy atom. The van der Waals surface area contributed by atoms with Gasteiger partial charge in [0.05, 0.1) is 0 Å². The molecule has 2 N–H and O–H groups in total. The summed E-state index contributed by atoms with van der Waals surface area (Å²) in [6.45, 7) is 0. The molecule has 0 saturated heterocycles. The molecule has 4 nitrogen and oxygen atoms in total. The van der Waals surface area contributed by atoms with Crippen molar-refractivity contribution in [2.24, 2.45) is 0 Å². The van der Waals surface area contributed by atoms with Crippen molar-refractivity contribution in [2.45, 2.75) is 0 Å². The molecule has 0 fully saturated rings. The fourth-order valence-electron chi connectivity index (χ4n) is 0. The van der Waals surface area contributed by atoms with Crippen LogP contribution in [-0.4, -0.2) is 55.3 Å². The van der Waals surface area contributed by atoms with Crippen LogP contribution in [0.4, 0.5) is 0 Å². The summed E-state index contributed by atoms with van der Waals surface area (Å²) in [6.07, 6.45) is 0. The van der Waals surface area contributed by atoms with Crippen molar-refractivity contribution in [2.75, 3.05) is 0 Å². The van der Waals surface area contributed by atoms with Crippen molar-refractivity contribution in [1.82, 2.24) is 0 Å². The zero-order valence-corrected chi connectivity index (χ0v) is 7.08. The smallest absolute Gasteiger partial charge is 0.274 e. The Labute approximate surface area is 74.6 Å². The monoisotopic (exact) mass is 170 g/mol. The van der Waals surface area contributed by atoms with Gasteiger partial charge in [-0.1, -0.05) is 0 Å². The second kappa shape index (κ2) is 5.61. The van der Waals surface area contributed by atoms with E-state index >= 15 is 0 Å². The molecule has 2 atom stereocenters. The van der Waals surface area contributed by atoms with E-state index in [1.807, 2.05) is 0 Å². The van der Waals surface area contributed by atoms with Crippen molar-refractivity contribution in [3.8, 4) is 0 Å². The molecule has 7 heteroatoms. The maximum Gasteiger partial charge on any atom is 0.274 e. The van der Waals surface area contributed by atoms with Crippen LogP contribution in [0.5, 0.6) is 0 Å². The topological polar surface area (TPSA) is 74.6 Å². The number of rotatable bonds is 1. The molecule has 0 rings (SSSR count). The van der Waals surface area contributed by atoms with Gasteiger partial charge in [-0.2, -0.15) is 0 Å². The molecule has 2 unspecified atom stereocenters. The summed E-state index contributed by atoms with van der Waals surface area (Å²) in [5.41, 5.74) is 0. The van der Waals surface area contributed by atoms with Gasteiger partial charge in [0, 0.05) is 37.7 Å². The summed E-state index contributed by atoms with van der Waals surface area (Å²) in [6, 6.07) is 0. The molecule has 0 aromatic rings. The van der Waals surface area contributed by atoms with Gasteiger partial charge in [-0.15, -0.1) is 0 Å². The van der Waals surface area contributed by atoms with Crippen LogP contribution in [0.15, 0.2) is 0 Å². The molecule has 0 aliphatic carbocycles. The normalized spacial score (nSPS) is 16.9. The molecule has 2 radical (unpaired) electrons. The van der Waals surface area contributed by atoms with Gasteiger partial charge in [-0.3, -0.25) is 9.11 Å². The van der Waals surface area contributed by atoms with Crippen molar-refractivity contribution in [3.05, 3.63) is 0 Å². The van der Waals surface area contributed by atoms with Crippen LogP contribution >= 0.6 is 0 Å². The van der Waals surface area contributed by atoms with E-state index in [0.29, 0.717) is 0 Å². The van der Waals surface area contributed by atoms with Crippen LogP contribution in [0.3, 0.4) is 0 Å². The molecule has 0 aliphatic heterocycles. The third-order valence-corrected chi connectivity index (χ3v) is 1.10. The van der Waals surface area contributed by atoms with E-state index in [-0.39, 0.29) is 37.7 Å². The predicted octanol–water partition coefficient (Wildman–Crippen LogP) is -1.04. The Hall–Kier alpha value is 1.48. The Morgan fingerprint density at radius 2 is 1.14 bits per heavy atom. The van der Waals surface area contributed by atoms with Gasteiger partial charge in [0.1, 0.15) is 0 Å². The fourth-order valence-corrected chi connectivity index (χ4v) is 0. The summed E-state index contributed by atoms with van der Waals surface area (Å²) in [4.78, 5) is 0. The zero-order valence-electron chi connectivity index (χ0n) is 3.23. The van der Waals surface area contributed by atoms with E-state index in [1.54, 1.807) is 0 Å². The quantitative estimate of drug-likeness (QED) is 0.299. The van der Waals surface area contributed by atoms with E-state index in [1.165, 1.54) is 0 Å². The van der Waals surface area contributed by atoms with E-state index in [4.69, 9.17) is 9.11 Å². The average molecular weight is 170 g/mol. The molecule has 0 amide bonds. The molecule has 0 saturated carbocycles. The Kier molecular flexibility index (Phi) is 9.06. The maximum absolute atomic E-state index is 9.26. The second-order valence-electron chi connectivity index (χ2n) is 0.434. The summed E-state index contributed by atoms with van der Waals surface area (Å²) < 4.78 is 33.6. The largest absolute Gasteiger partial charge is 0.294 e. The van der Waals surface area contributed by atoms with Gasteiger partial charge in [-0.05, 0) is 0 Å². The molecule has 0 heterocycles. The Morgan fingerprint density at radius 3 is 1.14 bits per heavy atom. The van der Waals surface area contributed by atoms with Gasteiger partial charge in [0.2, 0.25) is 0 Å². The van der Waals surface area contributed by atoms with Gasteiger partial charge in [-0.25, -0.2) is 8.42 Å². The van der Waals surface area contributed by atoms with Crippen LogP contribution in [0.2, 0.25) is 0 Å². The summed E-state index contributed by atoms with van der Waals surface area (Å²) in [5, 5.41) is 0. The summed E-state index contributed by atoms with van der Waals surface area (Å²) >= 11 is 0. The van der Waals surface area contributed by atoms with Gasteiger partial charge in [0.15, 0.2) is 0 Å². The molecule has 0 aliphatic rings. The van der Waals surface area contributed by atoms with Crippen molar-refractivity contribution in [3.63, 3.8) is 0 Å². The third kappa shape index (κ3) is 7.48. The van der Waals surface area contributed by atoms with E-state index in [0.717, 1.165) is 0 Å². The van der Waals surface area contributed by atoms with Crippen molar-refractivity contribution in [1.29, 1.82) is 0 Å². The first-order valence-corrected chi connectivity index (χ1v) is 3.60. The van der Waals surface area contributed by atoms with Gasteiger partial charge >= 0.3 is 0 Å². The van der Waals surface area contributed by atoms with Crippen LogP contribution in [-0.2, 0) is 20.2 Å². The average Bonchev–Trinajstić information content (AvgIpc) is 1.36. The Bertz CT molecular complexity index is 75.7. The minimum absolute atomic E-state index is 0. The van der Waals surface area contributed by atoms with Gasteiger partial charge in [0.25, 0.3) is 20.2 Å². The summed E-state index contributed by atoms with van der Waals surface area (Å²) in [7, 11) is -5.18. The van der Waals surface area contributed by atoms with E-state index in [2.05, 4.69) is 0 Å². The minimum Gasteiger partial charge on any atom is -0.294 e. The first-order valence-electron chi connectivity index (χ1n) is 0.865. The molecule has 0 aromatic heterocycles. The fraction of sp³-hybridized carbons (Fsp3) is 0. The van der Waals surface area contributed by atoms with Crippen molar-refractivity contribution >= 4 is 58.0 Å². The molecule has 0 bridgehead atoms. The van der Waals surface area contributed by atoms with Crippen LogP contribution < -0.4 is 0 Å². The first-order chi connectivity index (χ1) is 2.64. The van der Waals surface area contributed by atoms with Crippen molar-refractivity contribution < 1.29 is 17.5 Å². The number of hydrogen-bond acceptors (Lipinski definition) is 2. The van der Waals surface area contributed by atoms with Crippen LogP contribution in [0.25, 0.3) is 0 Å². The predicted molar refractivity (Wildman–Crippen MR) is 27.3 cm³/mol. The van der Waals surface area contributed by atoms with E-state index < -0.39 is 20.2 Å². The Balaban J connectivity index is 0. The molecule has 40 valence electrons. The minimum atomic E-state index is -2.59. The molecular weight excluding hydrogens is 168 g/mol. The summed E-state index contributed by atoms with van der Waals surface area (Å²) in [5.74, 6) is 0. The maximum atomic E-state index is 9.26. The van der Waals surface area contributed by atoms with Crippen LogP contribution in [0.1, 0.15) is 0 Å². The van der Waals surface area contributed by atoms with Gasteiger partial charge < -0.3 is 0 Å². The molecular formula is H2CaO4S2. The molecule has 0 aromatic carbocycles. The first kappa shape index (κ1) is 11.3. The van der Waals surface area contributed by atoms with Crippen LogP contribution in [0, 0.1) is 0 Å². The SMILES string of the molecule is O=S(O)S(=O)O.[Ca]. The molecule has 7 heavy (non-hydrogen) atoms. The van der Waals surface area contributed by atoms with E-state index in [9.17, 15) is 8.42 Å². The standard InChI is InChI=1S/Ca.H2O4S2/c;1-5(2)6(3)4/h;(H,1,2)(H,3,4). The molecule has 0 spiro atoms.